The molecule has 290 valence electrons. The zero-order chi connectivity index (χ0) is 41.0. The SMILES string of the molecule is c1ccc(-c2ccc(-c3nc(-c4ccccc4)nc(-c4ccc5c(c4)oc4cccc(-c6ccc(-c7ccc8c9ccccc9n(-c9ccccc9)c8c7)cc6)c45)n3)cc2)cc1. The van der Waals surface area contributed by atoms with Gasteiger partial charge in [0.2, 0.25) is 0 Å². The molecule has 3 heterocycles. The Morgan fingerprint density at radius 3 is 1.53 bits per heavy atom. The summed E-state index contributed by atoms with van der Waals surface area (Å²) in [4.78, 5) is 15.0. The van der Waals surface area contributed by atoms with Crippen molar-refractivity contribution in [1.29, 1.82) is 0 Å². The molecule has 0 radical (unpaired) electrons. The summed E-state index contributed by atoms with van der Waals surface area (Å²) in [5.41, 5.74) is 14.7. The lowest BCUT2D eigenvalue weighted by molar-refractivity contribution is 0.669. The number of para-hydroxylation sites is 2. The molecule has 62 heavy (non-hydrogen) atoms. The van der Waals surface area contributed by atoms with Crippen molar-refractivity contribution in [1.82, 2.24) is 19.5 Å². The summed E-state index contributed by atoms with van der Waals surface area (Å²) in [6, 6.07) is 76.4. The van der Waals surface area contributed by atoms with Crippen molar-refractivity contribution in [3.05, 3.63) is 218 Å². The fourth-order valence-electron chi connectivity index (χ4n) is 8.85. The van der Waals surface area contributed by atoms with Crippen LogP contribution < -0.4 is 0 Å². The molecule has 0 bridgehead atoms. The van der Waals surface area contributed by atoms with E-state index in [0.29, 0.717) is 17.5 Å². The van der Waals surface area contributed by atoms with E-state index in [-0.39, 0.29) is 0 Å². The van der Waals surface area contributed by atoms with Gasteiger partial charge in [-0.3, -0.25) is 0 Å². The molecule has 0 unspecified atom stereocenters. The topological polar surface area (TPSA) is 56.7 Å². The van der Waals surface area contributed by atoms with Crippen LogP contribution in [-0.2, 0) is 0 Å². The largest absolute Gasteiger partial charge is 0.456 e. The van der Waals surface area contributed by atoms with Crippen LogP contribution >= 0.6 is 0 Å². The predicted octanol–water partition coefficient (Wildman–Crippen LogP) is 14.9. The third-order valence-corrected chi connectivity index (χ3v) is 11.9. The van der Waals surface area contributed by atoms with E-state index < -0.39 is 0 Å². The Bertz CT molecular complexity index is 3590. The maximum Gasteiger partial charge on any atom is 0.164 e. The Kier molecular flexibility index (Phi) is 8.42. The minimum atomic E-state index is 0.585. The number of hydrogen-bond acceptors (Lipinski definition) is 4. The van der Waals surface area contributed by atoms with Gasteiger partial charge in [0.15, 0.2) is 17.5 Å². The lowest BCUT2D eigenvalue weighted by atomic mass is 9.96. The molecule has 0 aliphatic carbocycles. The van der Waals surface area contributed by atoms with Crippen molar-refractivity contribution in [3.8, 4) is 73.2 Å². The highest BCUT2D eigenvalue weighted by atomic mass is 16.3. The van der Waals surface area contributed by atoms with Crippen molar-refractivity contribution in [2.75, 3.05) is 0 Å². The third-order valence-electron chi connectivity index (χ3n) is 11.9. The monoisotopic (exact) mass is 792 g/mol. The quantitative estimate of drug-likeness (QED) is 0.161. The number of rotatable bonds is 7. The standard InChI is InChI=1S/C57H36N4O/c1-4-13-37(14-5-1)38-25-29-42(30-26-38)56-58-55(41-15-6-2-7-16-41)59-57(60-56)44-32-34-49-53(36-44)62-52-22-12-20-46(54(49)52)40-27-23-39(24-28-40)43-31-33-48-47-19-10-11-21-50(47)61(51(48)35-43)45-17-8-3-9-18-45/h1-36H. The van der Waals surface area contributed by atoms with Crippen molar-refractivity contribution < 1.29 is 4.42 Å². The lowest BCUT2D eigenvalue weighted by Crippen LogP contribution is -2.00. The first kappa shape index (κ1) is 35.5. The highest BCUT2D eigenvalue weighted by molar-refractivity contribution is 6.13. The number of furan rings is 1. The smallest absolute Gasteiger partial charge is 0.164 e. The van der Waals surface area contributed by atoms with Gasteiger partial charge in [-0.15, -0.1) is 0 Å². The molecule has 5 heteroatoms. The minimum absolute atomic E-state index is 0.585. The van der Waals surface area contributed by atoms with Crippen molar-refractivity contribution in [3.63, 3.8) is 0 Å². The Hall–Kier alpha value is -8.41. The van der Waals surface area contributed by atoms with Crippen molar-refractivity contribution in [2.24, 2.45) is 0 Å². The van der Waals surface area contributed by atoms with E-state index in [1.54, 1.807) is 0 Å². The van der Waals surface area contributed by atoms with Gasteiger partial charge < -0.3 is 8.98 Å². The molecule has 0 aliphatic heterocycles. The molecule has 0 amide bonds. The first-order valence-electron chi connectivity index (χ1n) is 20.8. The van der Waals surface area contributed by atoms with Gasteiger partial charge >= 0.3 is 0 Å². The number of fused-ring (bicyclic) bond motifs is 6. The van der Waals surface area contributed by atoms with Crippen LogP contribution in [0.3, 0.4) is 0 Å². The Morgan fingerprint density at radius 2 is 0.806 bits per heavy atom. The van der Waals surface area contributed by atoms with Gasteiger partial charge in [0.1, 0.15) is 11.2 Å². The second-order valence-electron chi connectivity index (χ2n) is 15.6. The van der Waals surface area contributed by atoms with Gasteiger partial charge in [0.25, 0.3) is 0 Å². The molecule has 0 fully saturated rings. The molecule has 12 aromatic rings. The predicted molar refractivity (Wildman–Crippen MR) is 254 cm³/mol. The van der Waals surface area contributed by atoms with Crippen LogP contribution in [0.1, 0.15) is 0 Å². The first-order valence-corrected chi connectivity index (χ1v) is 20.8. The Labute approximate surface area is 357 Å². The van der Waals surface area contributed by atoms with E-state index in [9.17, 15) is 0 Å². The summed E-state index contributed by atoms with van der Waals surface area (Å²) in [6.07, 6.45) is 0. The van der Waals surface area contributed by atoms with Crippen LogP contribution in [0.25, 0.3) is 117 Å². The summed E-state index contributed by atoms with van der Waals surface area (Å²) in [5.74, 6) is 1.82. The average molecular weight is 793 g/mol. The van der Waals surface area contributed by atoms with Crippen LogP contribution in [0.2, 0.25) is 0 Å². The Balaban J connectivity index is 0.908. The van der Waals surface area contributed by atoms with Crippen molar-refractivity contribution >= 4 is 43.7 Å². The summed E-state index contributed by atoms with van der Waals surface area (Å²) in [7, 11) is 0. The second kappa shape index (κ2) is 14.7. The molecular weight excluding hydrogens is 757 g/mol. The van der Waals surface area contributed by atoms with E-state index in [2.05, 4.69) is 180 Å². The molecule has 12 rings (SSSR count). The fraction of sp³-hybridized carbons (Fsp3) is 0. The molecule has 0 atom stereocenters. The zero-order valence-electron chi connectivity index (χ0n) is 33.5. The van der Waals surface area contributed by atoms with Crippen molar-refractivity contribution in [2.45, 2.75) is 0 Å². The van der Waals surface area contributed by atoms with E-state index in [0.717, 1.165) is 72.1 Å². The van der Waals surface area contributed by atoms with Gasteiger partial charge in [0, 0.05) is 43.9 Å². The van der Waals surface area contributed by atoms with E-state index in [1.807, 2.05) is 42.5 Å². The molecular formula is C57H36N4O. The summed E-state index contributed by atoms with van der Waals surface area (Å²) < 4.78 is 8.96. The number of aromatic nitrogens is 4. The van der Waals surface area contributed by atoms with Crippen LogP contribution in [0.15, 0.2) is 223 Å². The molecule has 5 nitrogen and oxygen atoms in total. The van der Waals surface area contributed by atoms with Gasteiger partial charge in [-0.1, -0.05) is 176 Å². The Morgan fingerprint density at radius 1 is 0.306 bits per heavy atom. The zero-order valence-corrected chi connectivity index (χ0v) is 33.5. The number of hydrogen-bond donors (Lipinski definition) is 0. The van der Waals surface area contributed by atoms with E-state index in [4.69, 9.17) is 19.4 Å². The number of benzene rings is 9. The summed E-state index contributed by atoms with van der Waals surface area (Å²) >= 11 is 0. The third kappa shape index (κ3) is 6.14. The highest BCUT2D eigenvalue weighted by Crippen LogP contribution is 2.40. The molecule has 0 aliphatic rings. The number of nitrogens with zero attached hydrogens (tertiary/aromatic N) is 4. The molecule has 0 N–H and O–H groups in total. The maximum atomic E-state index is 6.59. The van der Waals surface area contributed by atoms with Gasteiger partial charge in [-0.2, -0.15) is 0 Å². The summed E-state index contributed by atoms with van der Waals surface area (Å²) in [5, 5.41) is 4.61. The normalized spacial score (nSPS) is 11.5. The van der Waals surface area contributed by atoms with Gasteiger partial charge in [0.05, 0.1) is 11.0 Å². The van der Waals surface area contributed by atoms with Crippen LogP contribution in [-0.4, -0.2) is 19.5 Å². The van der Waals surface area contributed by atoms with E-state index >= 15 is 0 Å². The van der Waals surface area contributed by atoms with Crippen LogP contribution in [0.5, 0.6) is 0 Å². The molecule has 3 aromatic heterocycles. The van der Waals surface area contributed by atoms with Gasteiger partial charge in [-0.05, 0) is 75.8 Å². The molecule has 0 saturated heterocycles. The van der Waals surface area contributed by atoms with E-state index in [1.165, 1.54) is 27.4 Å². The fourth-order valence-corrected chi connectivity index (χ4v) is 8.85. The van der Waals surface area contributed by atoms with Crippen LogP contribution in [0, 0.1) is 0 Å². The van der Waals surface area contributed by atoms with Crippen LogP contribution in [0.4, 0.5) is 0 Å². The lowest BCUT2D eigenvalue weighted by Gasteiger charge is -2.10. The highest BCUT2D eigenvalue weighted by Gasteiger charge is 2.18. The molecule has 0 spiro atoms. The summed E-state index contributed by atoms with van der Waals surface area (Å²) in [6.45, 7) is 0. The maximum absolute atomic E-state index is 6.59. The second-order valence-corrected chi connectivity index (χ2v) is 15.6. The first-order chi connectivity index (χ1) is 30.7. The van der Waals surface area contributed by atoms with Gasteiger partial charge in [-0.25, -0.2) is 15.0 Å². The molecule has 9 aromatic carbocycles. The minimum Gasteiger partial charge on any atom is -0.456 e. The molecule has 0 saturated carbocycles. The average Bonchev–Trinajstić information content (AvgIpc) is 3.90.